The zero-order chi connectivity index (χ0) is 24.7. The third kappa shape index (κ3) is 4.16. The number of likely N-dealkylation sites (tertiary alicyclic amines) is 1. The molecule has 0 spiro atoms. The molecule has 2 fully saturated rings. The van der Waals surface area contributed by atoms with Gasteiger partial charge in [-0.3, -0.25) is 4.79 Å². The summed E-state index contributed by atoms with van der Waals surface area (Å²) in [6, 6.07) is 15.1. The van der Waals surface area contributed by atoms with Crippen LogP contribution >= 0.6 is 0 Å². The van der Waals surface area contributed by atoms with Gasteiger partial charge in [-0.2, -0.15) is 0 Å². The number of nitrogens with one attached hydrogen (secondary N) is 1. The van der Waals surface area contributed by atoms with Gasteiger partial charge in [0.2, 0.25) is 5.91 Å². The Balaban J connectivity index is 1.21. The van der Waals surface area contributed by atoms with Gasteiger partial charge in [0, 0.05) is 25.5 Å². The van der Waals surface area contributed by atoms with Crippen molar-refractivity contribution in [3.05, 3.63) is 59.7 Å². The van der Waals surface area contributed by atoms with Crippen molar-refractivity contribution in [2.75, 3.05) is 19.8 Å². The number of hydrogen-bond donors (Lipinski definition) is 2. The van der Waals surface area contributed by atoms with E-state index in [1.54, 1.807) is 13.8 Å². The molecule has 1 aliphatic carbocycles. The van der Waals surface area contributed by atoms with Gasteiger partial charge < -0.3 is 24.8 Å². The van der Waals surface area contributed by atoms with Crippen LogP contribution in [0.2, 0.25) is 0 Å². The van der Waals surface area contributed by atoms with Gasteiger partial charge in [-0.25, -0.2) is 9.59 Å². The van der Waals surface area contributed by atoms with Crippen LogP contribution in [0.3, 0.4) is 0 Å². The lowest BCUT2D eigenvalue weighted by molar-refractivity contribution is -0.153. The summed E-state index contributed by atoms with van der Waals surface area (Å²) >= 11 is 0. The van der Waals surface area contributed by atoms with E-state index in [0.29, 0.717) is 19.4 Å². The molecule has 2 heterocycles. The number of benzene rings is 2. The summed E-state index contributed by atoms with van der Waals surface area (Å²) in [5.74, 6) is -1.39. The summed E-state index contributed by atoms with van der Waals surface area (Å²) < 4.78 is 11.2. The smallest absolute Gasteiger partial charge is 0.407 e. The zero-order valence-corrected chi connectivity index (χ0v) is 19.9. The fourth-order valence-corrected chi connectivity index (χ4v) is 5.62. The van der Waals surface area contributed by atoms with Crippen molar-refractivity contribution >= 4 is 18.0 Å². The highest BCUT2D eigenvalue weighted by Gasteiger charge is 2.52. The number of carbonyl (C=O) groups is 3. The first-order valence-electron chi connectivity index (χ1n) is 12.0. The Morgan fingerprint density at radius 2 is 1.71 bits per heavy atom. The van der Waals surface area contributed by atoms with Gasteiger partial charge in [-0.05, 0) is 42.5 Å². The molecule has 2 saturated heterocycles. The van der Waals surface area contributed by atoms with E-state index in [2.05, 4.69) is 29.6 Å². The molecular weight excluding hydrogens is 448 g/mol. The maximum Gasteiger partial charge on any atom is 0.407 e. The first-order valence-corrected chi connectivity index (χ1v) is 12.0. The lowest BCUT2D eigenvalue weighted by Gasteiger charge is -2.34. The summed E-state index contributed by atoms with van der Waals surface area (Å²) in [6.45, 7) is 4.15. The predicted octanol–water partition coefficient (Wildman–Crippen LogP) is 3.39. The number of ether oxygens (including phenoxy) is 2. The molecule has 5 rings (SSSR count). The topological polar surface area (TPSA) is 105 Å². The van der Waals surface area contributed by atoms with Gasteiger partial charge in [0.25, 0.3) is 0 Å². The van der Waals surface area contributed by atoms with Crippen LogP contribution in [0.1, 0.15) is 43.7 Å². The minimum atomic E-state index is -1.03. The number of amides is 2. The highest BCUT2D eigenvalue weighted by Crippen LogP contribution is 2.44. The Morgan fingerprint density at radius 3 is 2.34 bits per heavy atom. The van der Waals surface area contributed by atoms with Crippen molar-refractivity contribution in [1.29, 1.82) is 0 Å². The minimum absolute atomic E-state index is 0.0313. The second-order valence-electron chi connectivity index (χ2n) is 10.1. The van der Waals surface area contributed by atoms with Gasteiger partial charge >= 0.3 is 12.1 Å². The Labute approximate surface area is 204 Å². The number of rotatable bonds is 6. The minimum Gasteiger partial charge on any atom is -0.480 e. The Morgan fingerprint density at radius 1 is 1.09 bits per heavy atom. The largest absolute Gasteiger partial charge is 0.480 e. The average Bonchev–Trinajstić information content (AvgIpc) is 3.53. The second kappa shape index (κ2) is 9.00. The fourth-order valence-electron chi connectivity index (χ4n) is 5.62. The normalized spacial score (nSPS) is 22.9. The van der Waals surface area contributed by atoms with E-state index in [-0.39, 0.29) is 37.1 Å². The van der Waals surface area contributed by atoms with Crippen molar-refractivity contribution in [2.24, 2.45) is 5.41 Å². The molecule has 2 aliphatic heterocycles. The summed E-state index contributed by atoms with van der Waals surface area (Å²) in [6.07, 6.45) is 0.0643. The molecule has 2 amide bonds. The van der Waals surface area contributed by atoms with Crippen molar-refractivity contribution < 1.29 is 29.0 Å². The molecule has 8 nitrogen and oxygen atoms in total. The number of aliphatic carboxylic acids is 1. The first-order chi connectivity index (χ1) is 16.8. The van der Waals surface area contributed by atoms with Crippen LogP contribution in [0.15, 0.2) is 48.5 Å². The number of nitrogens with zero attached hydrogens (tertiary/aromatic N) is 1. The van der Waals surface area contributed by atoms with Crippen molar-refractivity contribution in [2.45, 2.75) is 50.8 Å². The molecule has 184 valence electrons. The maximum absolute atomic E-state index is 13.4. The molecule has 1 unspecified atom stereocenters. The molecule has 3 atom stereocenters. The van der Waals surface area contributed by atoms with Crippen LogP contribution in [0.5, 0.6) is 0 Å². The van der Waals surface area contributed by atoms with Gasteiger partial charge in [0.15, 0.2) is 0 Å². The lowest BCUT2D eigenvalue weighted by Crippen LogP contribution is -2.53. The van der Waals surface area contributed by atoms with E-state index in [0.717, 1.165) is 22.3 Å². The van der Waals surface area contributed by atoms with Gasteiger partial charge in [0.05, 0.1) is 17.6 Å². The van der Waals surface area contributed by atoms with E-state index in [9.17, 15) is 19.5 Å². The van der Waals surface area contributed by atoms with Crippen LogP contribution in [0.4, 0.5) is 4.79 Å². The number of alkyl carbamates (subject to hydrolysis) is 1. The molecule has 2 aromatic rings. The second-order valence-corrected chi connectivity index (χ2v) is 10.1. The molecule has 0 bridgehead atoms. The molecule has 2 N–H and O–H groups in total. The van der Waals surface area contributed by atoms with Crippen molar-refractivity contribution in [1.82, 2.24) is 10.2 Å². The van der Waals surface area contributed by atoms with E-state index >= 15 is 0 Å². The fraction of sp³-hybridized carbons (Fsp3) is 0.444. The number of carbonyl (C=O) groups excluding carboxylic acids is 2. The van der Waals surface area contributed by atoms with Gasteiger partial charge in [-0.15, -0.1) is 0 Å². The molecular formula is C27H30N2O6. The standard InChI is InChI=1S/C27H30N2O6/c1-27(2,25(32)29-21-11-12-34-23(21)13-22(29)24(30)31)15-28-26(33)35-14-20-18-9-5-3-7-16(18)17-8-4-6-10-19(17)20/h3-10,20-23H,11-15H2,1-2H3,(H,28,33)(H,30,31)/t21-,22?,23-/m0/s1. The van der Waals surface area contributed by atoms with E-state index in [1.807, 2.05) is 24.3 Å². The number of carboxylic acids is 1. The predicted molar refractivity (Wildman–Crippen MR) is 128 cm³/mol. The van der Waals surface area contributed by atoms with Crippen LogP contribution in [-0.2, 0) is 19.1 Å². The SMILES string of the molecule is CC(C)(CNC(=O)OCC1c2ccccc2-c2ccccc21)C(=O)N1C(C(=O)O)C[C@@H]2OCC[C@@H]21. The van der Waals surface area contributed by atoms with Crippen LogP contribution in [0, 0.1) is 5.41 Å². The van der Waals surface area contributed by atoms with Gasteiger partial charge in [0.1, 0.15) is 12.6 Å². The maximum atomic E-state index is 13.4. The molecule has 0 saturated carbocycles. The number of fused-ring (bicyclic) bond motifs is 4. The van der Waals surface area contributed by atoms with E-state index in [1.165, 1.54) is 4.90 Å². The van der Waals surface area contributed by atoms with Crippen molar-refractivity contribution in [3.8, 4) is 11.1 Å². The van der Waals surface area contributed by atoms with Crippen LogP contribution in [0.25, 0.3) is 11.1 Å². The monoisotopic (exact) mass is 478 g/mol. The Bertz CT molecular complexity index is 1120. The summed E-state index contributed by atoms with van der Waals surface area (Å²) in [4.78, 5) is 39.2. The quantitative estimate of drug-likeness (QED) is 0.659. The first kappa shape index (κ1) is 23.4. The zero-order valence-electron chi connectivity index (χ0n) is 19.9. The molecule has 3 aliphatic rings. The molecule has 8 heteroatoms. The van der Waals surface area contributed by atoms with Gasteiger partial charge in [-0.1, -0.05) is 48.5 Å². The lowest BCUT2D eigenvalue weighted by atomic mass is 9.90. The highest BCUT2D eigenvalue weighted by atomic mass is 16.5. The summed E-state index contributed by atoms with van der Waals surface area (Å²) in [5, 5.41) is 12.4. The number of hydrogen-bond acceptors (Lipinski definition) is 5. The van der Waals surface area contributed by atoms with E-state index in [4.69, 9.17) is 9.47 Å². The average molecular weight is 479 g/mol. The molecule has 2 aromatic carbocycles. The summed E-state index contributed by atoms with van der Waals surface area (Å²) in [5.41, 5.74) is 3.54. The van der Waals surface area contributed by atoms with E-state index < -0.39 is 23.5 Å². The molecule has 0 aromatic heterocycles. The Kier molecular flexibility index (Phi) is 6.01. The summed E-state index contributed by atoms with van der Waals surface area (Å²) in [7, 11) is 0. The molecule has 35 heavy (non-hydrogen) atoms. The third-order valence-corrected chi connectivity index (χ3v) is 7.44. The Hall–Kier alpha value is -3.39. The molecule has 0 radical (unpaired) electrons. The van der Waals surface area contributed by atoms with Crippen LogP contribution in [-0.4, -0.2) is 65.9 Å². The van der Waals surface area contributed by atoms with Crippen molar-refractivity contribution in [3.63, 3.8) is 0 Å². The third-order valence-electron chi connectivity index (χ3n) is 7.44. The van der Waals surface area contributed by atoms with Crippen LogP contribution < -0.4 is 5.32 Å². The number of carboxylic acid groups (broad SMARTS) is 1. The highest BCUT2D eigenvalue weighted by molar-refractivity contribution is 5.89.